The van der Waals surface area contributed by atoms with Crippen molar-refractivity contribution in [2.45, 2.75) is 0 Å². The Morgan fingerprint density at radius 3 is 2.75 bits per heavy atom. The number of anilines is 1. The van der Waals surface area contributed by atoms with Crippen LogP contribution >= 0.6 is 0 Å². The molecule has 1 rings (SSSR count). The van der Waals surface area contributed by atoms with Crippen molar-refractivity contribution in [3.63, 3.8) is 0 Å². The van der Waals surface area contributed by atoms with Crippen molar-refractivity contribution in [2.24, 2.45) is 0 Å². The lowest BCUT2D eigenvalue weighted by Gasteiger charge is -1.89. The van der Waals surface area contributed by atoms with Gasteiger partial charge in [-0.3, -0.25) is 5.84 Å². The zero-order chi connectivity index (χ0) is 5.98. The molecule has 0 saturated carbocycles. The summed E-state index contributed by atoms with van der Waals surface area (Å²) in [6, 6.07) is 1.62. The van der Waals surface area contributed by atoms with Crippen LogP contribution in [-0.4, -0.2) is 4.98 Å². The van der Waals surface area contributed by atoms with Crippen molar-refractivity contribution in [1.29, 1.82) is 0 Å². The average Bonchev–Trinajstić information content (AvgIpc) is 1.77. The number of nitrogens with two attached hydrogens (primary N) is 2. The van der Waals surface area contributed by atoms with Crippen molar-refractivity contribution >= 4 is 5.82 Å². The summed E-state index contributed by atoms with van der Waals surface area (Å²) in [5.41, 5.74) is 5.32. The molecule has 4 nitrogen and oxygen atoms in total. The van der Waals surface area contributed by atoms with Crippen LogP contribution in [0.2, 0.25) is 0 Å². The quantitative estimate of drug-likeness (QED) is 0.322. The second kappa shape index (κ2) is 1.65. The summed E-state index contributed by atoms with van der Waals surface area (Å²) >= 11 is 0. The molecule has 1 heterocycles. The third-order valence-corrected chi connectivity index (χ3v) is 0.821. The number of hydrogen-bond donors (Lipinski definition) is 2. The zero-order valence-electron chi connectivity index (χ0n) is 4.28. The van der Waals surface area contributed by atoms with Crippen LogP contribution in [0.25, 0.3) is 0 Å². The second-order valence-electron chi connectivity index (χ2n) is 1.41. The molecular weight excluding hydrogens is 104 g/mol. The van der Waals surface area contributed by atoms with Gasteiger partial charge in [0, 0.05) is 6.07 Å². The van der Waals surface area contributed by atoms with E-state index in [1.165, 1.54) is 11.0 Å². The van der Waals surface area contributed by atoms with Gasteiger partial charge in [-0.05, 0) is 0 Å². The molecule has 1 aromatic rings. The molecule has 4 N–H and O–H groups in total. The van der Waals surface area contributed by atoms with E-state index in [4.69, 9.17) is 11.6 Å². The van der Waals surface area contributed by atoms with E-state index in [2.05, 4.69) is 4.98 Å². The third-order valence-electron chi connectivity index (χ3n) is 0.821. The fourth-order valence-electron chi connectivity index (χ4n) is 0.382. The van der Waals surface area contributed by atoms with Crippen LogP contribution in [0.15, 0.2) is 18.6 Å². The Morgan fingerprint density at radius 2 is 2.38 bits per heavy atom. The topological polar surface area (TPSA) is 68.8 Å². The summed E-state index contributed by atoms with van der Waals surface area (Å²) in [5.74, 6) is 5.75. The molecular formula is C4H7N4+. The maximum absolute atomic E-state index is 5.32. The zero-order valence-corrected chi connectivity index (χ0v) is 4.28. The van der Waals surface area contributed by atoms with Crippen LogP contribution in [0.5, 0.6) is 0 Å². The first-order valence-electron chi connectivity index (χ1n) is 2.17. The summed E-state index contributed by atoms with van der Waals surface area (Å²) in [4.78, 5) is 3.70. The first kappa shape index (κ1) is 4.83. The molecule has 42 valence electrons. The van der Waals surface area contributed by atoms with Gasteiger partial charge in [-0.15, -0.1) is 9.66 Å². The van der Waals surface area contributed by atoms with Crippen molar-refractivity contribution in [3.05, 3.63) is 18.6 Å². The molecule has 0 radical (unpaired) electrons. The van der Waals surface area contributed by atoms with Gasteiger partial charge in [-0.2, -0.15) is 0 Å². The normalized spacial score (nSPS) is 9.00. The van der Waals surface area contributed by atoms with Gasteiger partial charge < -0.3 is 5.73 Å². The molecule has 0 spiro atoms. The lowest BCUT2D eigenvalue weighted by Crippen LogP contribution is -2.46. The highest BCUT2D eigenvalue weighted by atomic mass is 15.3. The molecule has 1 aromatic heterocycles. The maximum Gasteiger partial charge on any atom is 0.247 e. The van der Waals surface area contributed by atoms with Gasteiger partial charge in [0.2, 0.25) is 12.1 Å². The molecule has 0 unspecified atom stereocenters. The van der Waals surface area contributed by atoms with E-state index in [0.717, 1.165) is 0 Å². The van der Waals surface area contributed by atoms with Gasteiger partial charge in [0.05, 0.1) is 0 Å². The van der Waals surface area contributed by atoms with Crippen molar-refractivity contribution in [2.75, 3.05) is 11.6 Å². The van der Waals surface area contributed by atoms with Gasteiger partial charge in [-0.1, -0.05) is 0 Å². The van der Waals surface area contributed by atoms with Gasteiger partial charge in [-0.25, -0.2) is 0 Å². The summed E-state index contributed by atoms with van der Waals surface area (Å²) < 4.78 is 1.25. The highest BCUT2D eigenvalue weighted by Gasteiger charge is 1.92. The van der Waals surface area contributed by atoms with E-state index in [1.54, 1.807) is 12.3 Å². The average molecular weight is 111 g/mol. The van der Waals surface area contributed by atoms with E-state index >= 15 is 0 Å². The number of rotatable bonds is 0. The minimum atomic E-state index is 0.500. The second-order valence-corrected chi connectivity index (χ2v) is 1.41. The van der Waals surface area contributed by atoms with Crippen LogP contribution in [0.4, 0.5) is 5.82 Å². The lowest BCUT2D eigenvalue weighted by molar-refractivity contribution is -0.627. The Balaban J connectivity index is 3.13. The lowest BCUT2D eigenvalue weighted by atomic mass is 10.6. The van der Waals surface area contributed by atoms with E-state index in [9.17, 15) is 0 Å². The monoisotopic (exact) mass is 111 g/mol. The molecule has 0 fully saturated rings. The van der Waals surface area contributed by atoms with Gasteiger partial charge in [0.1, 0.15) is 6.20 Å². The molecule has 0 amide bonds. The highest BCUT2D eigenvalue weighted by molar-refractivity contribution is 5.16. The Hall–Kier alpha value is -1.32. The number of hydrogen-bond acceptors (Lipinski definition) is 3. The third kappa shape index (κ3) is 0.676. The standard InChI is InChI=1S/C4H6N4/c5-4-1-2-7-3-8(4)6/h1-3,5H,6H2/p+1. The molecule has 0 saturated heterocycles. The Kier molecular flexibility index (Phi) is 0.997. The van der Waals surface area contributed by atoms with Gasteiger partial charge >= 0.3 is 0 Å². The van der Waals surface area contributed by atoms with Crippen LogP contribution in [0.3, 0.4) is 0 Å². The minimum absolute atomic E-state index is 0.500. The van der Waals surface area contributed by atoms with E-state index in [0.29, 0.717) is 5.82 Å². The largest absolute Gasteiger partial charge is 0.317 e. The molecule has 0 bridgehead atoms. The highest BCUT2D eigenvalue weighted by Crippen LogP contribution is 1.81. The fraction of sp³-hybridized carbons (Fsp3) is 0. The number of nitrogens with zero attached hydrogens (tertiary/aromatic N) is 2. The van der Waals surface area contributed by atoms with Crippen LogP contribution in [-0.2, 0) is 0 Å². The van der Waals surface area contributed by atoms with Crippen LogP contribution in [0.1, 0.15) is 0 Å². The number of nitrogen functional groups attached to an aromatic ring is 2. The van der Waals surface area contributed by atoms with Gasteiger partial charge in [0.25, 0.3) is 0 Å². The first-order chi connectivity index (χ1) is 3.80. The Bertz CT molecular complexity index is 164. The van der Waals surface area contributed by atoms with Crippen LogP contribution in [0, 0.1) is 0 Å². The molecule has 0 aromatic carbocycles. The predicted molar refractivity (Wildman–Crippen MR) is 29.0 cm³/mol. The SMILES string of the molecule is Nc1ccnc[n+]1N. The van der Waals surface area contributed by atoms with Crippen molar-refractivity contribution in [3.8, 4) is 0 Å². The van der Waals surface area contributed by atoms with Gasteiger partial charge in [0.15, 0.2) is 0 Å². The number of aromatic nitrogens is 2. The summed E-state index contributed by atoms with van der Waals surface area (Å²) in [7, 11) is 0. The molecule has 8 heavy (non-hydrogen) atoms. The molecule has 0 aliphatic carbocycles. The Morgan fingerprint density at radius 1 is 1.62 bits per heavy atom. The van der Waals surface area contributed by atoms with Crippen molar-refractivity contribution < 1.29 is 4.68 Å². The predicted octanol–water partition coefficient (Wildman–Crippen LogP) is -1.33. The molecule has 4 heteroatoms. The fourth-order valence-corrected chi connectivity index (χ4v) is 0.382. The summed E-state index contributed by atoms with van der Waals surface area (Å²) in [6.07, 6.45) is 3.02. The summed E-state index contributed by atoms with van der Waals surface area (Å²) in [6.45, 7) is 0. The maximum atomic E-state index is 5.32. The first-order valence-corrected chi connectivity index (χ1v) is 2.17. The molecule has 0 aliphatic rings. The molecule has 0 aliphatic heterocycles. The molecule has 0 atom stereocenters. The smallest absolute Gasteiger partial charge is 0.247 e. The van der Waals surface area contributed by atoms with E-state index < -0.39 is 0 Å². The minimum Gasteiger partial charge on any atom is -0.317 e. The van der Waals surface area contributed by atoms with Crippen molar-refractivity contribution in [1.82, 2.24) is 4.98 Å². The summed E-state index contributed by atoms with van der Waals surface area (Å²) in [5, 5.41) is 0. The Labute approximate surface area is 46.7 Å². The van der Waals surface area contributed by atoms with E-state index in [1.807, 2.05) is 0 Å². The van der Waals surface area contributed by atoms with E-state index in [-0.39, 0.29) is 0 Å². The van der Waals surface area contributed by atoms with Crippen LogP contribution < -0.4 is 16.3 Å².